The zero-order valence-electron chi connectivity index (χ0n) is 11.1. The molecule has 1 N–H and O–H groups in total. The van der Waals surface area contributed by atoms with Crippen LogP contribution in [-0.4, -0.2) is 12.2 Å². The number of hydrogen-bond donors (Lipinski definition) is 1. The van der Waals surface area contributed by atoms with Gasteiger partial charge in [-0.1, -0.05) is 35.9 Å². The lowest BCUT2D eigenvalue weighted by Crippen LogP contribution is -2.02. The second-order valence-corrected chi connectivity index (χ2v) is 5.45. The molecule has 0 saturated heterocycles. The molecule has 0 aliphatic carbocycles. The highest BCUT2D eigenvalue weighted by molar-refractivity contribution is 9.10. The van der Waals surface area contributed by atoms with Crippen LogP contribution in [0.4, 0.5) is 0 Å². The van der Waals surface area contributed by atoms with Gasteiger partial charge < -0.3 is 9.84 Å². The van der Waals surface area contributed by atoms with Gasteiger partial charge in [0.05, 0.1) is 17.7 Å². The Bertz CT molecular complexity index is 549. The van der Waals surface area contributed by atoms with Gasteiger partial charge in [-0.15, -0.1) is 0 Å². The number of rotatable bonds is 4. The third-order valence-corrected chi connectivity index (χ3v) is 3.73. The van der Waals surface area contributed by atoms with E-state index in [9.17, 15) is 5.11 Å². The van der Waals surface area contributed by atoms with Crippen molar-refractivity contribution in [2.45, 2.75) is 19.4 Å². The maximum absolute atomic E-state index is 10.2. The van der Waals surface area contributed by atoms with Gasteiger partial charge in [-0.3, -0.25) is 0 Å². The molecule has 100 valence electrons. The SMILES string of the molecule is COc1ccc(CC(O)c2ccc(C)cc2)cc1Br. The van der Waals surface area contributed by atoms with Gasteiger partial charge in [-0.05, 0) is 46.1 Å². The van der Waals surface area contributed by atoms with Crippen LogP contribution < -0.4 is 4.74 Å². The first-order valence-electron chi connectivity index (χ1n) is 6.17. The van der Waals surface area contributed by atoms with E-state index in [1.807, 2.05) is 49.4 Å². The zero-order chi connectivity index (χ0) is 13.8. The summed E-state index contributed by atoms with van der Waals surface area (Å²) in [6, 6.07) is 13.8. The van der Waals surface area contributed by atoms with Crippen molar-refractivity contribution in [2.24, 2.45) is 0 Å². The number of methoxy groups -OCH3 is 1. The average molecular weight is 321 g/mol. The van der Waals surface area contributed by atoms with Crippen molar-refractivity contribution >= 4 is 15.9 Å². The second-order valence-electron chi connectivity index (χ2n) is 4.60. The predicted octanol–water partition coefficient (Wildman–Crippen LogP) is 4.04. The van der Waals surface area contributed by atoms with Crippen molar-refractivity contribution in [3.63, 3.8) is 0 Å². The van der Waals surface area contributed by atoms with Crippen LogP contribution in [0.15, 0.2) is 46.9 Å². The van der Waals surface area contributed by atoms with Gasteiger partial charge in [0.2, 0.25) is 0 Å². The van der Waals surface area contributed by atoms with Crippen LogP contribution in [0.5, 0.6) is 5.75 Å². The number of halogens is 1. The summed E-state index contributed by atoms with van der Waals surface area (Å²) in [5, 5.41) is 10.2. The minimum atomic E-state index is -0.485. The Morgan fingerprint density at radius 2 is 1.84 bits per heavy atom. The van der Waals surface area contributed by atoms with Crippen molar-refractivity contribution in [1.82, 2.24) is 0 Å². The fraction of sp³-hybridized carbons (Fsp3) is 0.250. The van der Waals surface area contributed by atoms with Gasteiger partial charge in [0.25, 0.3) is 0 Å². The maximum Gasteiger partial charge on any atom is 0.133 e. The Balaban J connectivity index is 2.12. The van der Waals surface area contributed by atoms with Crippen LogP contribution in [0.2, 0.25) is 0 Å². The quantitative estimate of drug-likeness (QED) is 0.921. The normalized spacial score (nSPS) is 12.2. The molecule has 0 radical (unpaired) electrons. The van der Waals surface area contributed by atoms with Crippen LogP contribution in [0.1, 0.15) is 22.8 Å². The highest BCUT2D eigenvalue weighted by atomic mass is 79.9. The monoisotopic (exact) mass is 320 g/mol. The number of aryl methyl sites for hydroxylation is 1. The van der Waals surface area contributed by atoms with Crippen molar-refractivity contribution in [1.29, 1.82) is 0 Å². The Hall–Kier alpha value is -1.32. The van der Waals surface area contributed by atoms with Crippen molar-refractivity contribution in [2.75, 3.05) is 7.11 Å². The average Bonchev–Trinajstić information content (AvgIpc) is 2.39. The second kappa shape index (κ2) is 6.22. The van der Waals surface area contributed by atoms with E-state index in [1.54, 1.807) is 7.11 Å². The summed E-state index contributed by atoms with van der Waals surface area (Å²) in [5.41, 5.74) is 3.21. The Morgan fingerprint density at radius 3 is 2.42 bits per heavy atom. The summed E-state index contributed by atoms with van der Waals surface area (Å²) in [5.74, 6) is 0.800. The number of aliphatic hydroxyl groups is 1. The first kappa shape index (κ1) is 14.1. The molecule has 0 aromatic heterocycles. The lowest BCUT2D eigenvalue weighted by molar-refractivity contribution is 0.178. The summed E-state index contributed by atoms with van der Waals surface area (Å²) >= 11 is 3.46. The molecule has 3 heteroatoms. The van der Waals surface area contributed by atoms with Gasteiger partial charge in [0.1, 0.15) is 5.75 Å². The number of aliphatic hydroxyl groups excluding tert-OH is 1. The van der Waals surface area contributed by atoms with Gasteiger partial charge >= 0.3 is 0 Å². The molecule has 19 heavy (non-hydrogen) atoms. The van der Waals surface area contributed by atoms with Crippen molar-refractivity contribution in [3.05, 3.63) is 63.6 Å². The molecule has 0 bridgehead atoms. The molecule has 2 aromatic rings. The van der Waals surface area contributed by atoms with Crippen LogP contribution >= 0.6 is 15.9 Å². The summed E-state index contributed by atoms with van der Waals surface area (Å²) in [6.07, 6.45) is 0.104. The number of hydrogen-bond acceptors (Lipinski definition) is 2. The smallest absolute Gasteiger partial charge is 0.133 e. The fourth-order valence-electron chi connectivity index (χ4n) is 1.97. The van der Waals surface area contributed by atoms with E-state index in [4.69, 9.17) is 4.74 Å². The van der Waals surface area contributed by atoms with E-state index in [0.717, 1.165) is 21.3 Å². The van der Waals surface area contributed by atoms with Crippen molar-refractivity contribution in [3.8, 4) is 5.75 Å². The van der Waals surface area contributed by atoms with Crippen molar-refractivity contribution < 1.29 is 9.84 Å². The Morgan fingerprint density at radius 1 is 1.16 bits per heavy atom. The molecule has 0 fully saturated rings. The Kier molecular flexibility index (Phi) is 4.61. The molecule has 0 amide bonds. The summed E-state index contributed by atoms with van der Waals surface area (Å²) in [7, 11) is 1.64. The van der Waals surface area contributed by atoms with Gasteiger partial charge in [0, 0.05) is 6.42 Å². The highest BCUT2D eigenvalue weighted by Crippen LogP contribution is 2.27. The fourth-order valence-corrected chi connectivity index (χ4v) is 2.55. The largest absolute Gasteiger partial charge is 0.496 e. The molecular weight excluding hydrogens is 304 g/mol. The van der Waals surface area contributed by atoms with E-state index < -0.39 is 6.10 Å². The van der Waals surface area contributed by atoms with Crippen LogP contribution in [0.25, 0.3) is 0 Å². The van der Waals surface area contributed by atoms with Crippen LogP contribution in [0.3, 0.4) is 0 Å². The van der Waals surface area contributed by atoms with E-state index in [-0.39, 0.29) is 0 Å². The molecule has 1 atom stereocenters. The molecule has 2 nitrogen and oxygen atoms in total. The third kappa shape index (κ3) is 3.58. The standard InChI is InChI=1S/C16H17BrO2/c1-11-3-6-13(7-4-11)15(18)10-12-5-8-16(19-2)14(17)9-12/h3-9,15,18H,10H2,1-2H3. The van der Waals surface area contributed by atoms with Gasteiger partial charge in [-0.2, -0.15) is 0 Å². The zero-order valence-corrected chi connectivity index (χ0v) is 12.6. The molecule has 0 spiro atoms. The third-order valence-electron chi connectivity index (χ3n) is 3.11. The maximum atomic E-state index is 10.2. The number of benzene rings is 2. The molecule has 0 aliphatic rings. The van der Waals surface area contributed by atoms with Crippen LogP contribution in [0, 0.1) is 6.92 Å². The van der Waals surface area contributed by atoms with E-state index in [0.29, 0.717) is 6.42 Å². The minimum absolute atomic E-state index is 0.485. The van der Waals surface area contributed by atoms with E-state index >= 15 is 0 Å². The van der Waals surface area contributed by atoms with E-state index in [2.05, 4.69) is 15.9 Å². The van der Waals surface area contributed by atoms with Crippen LogP contribution in [-0.2, 0) is 6.42 Å². The lowest BCUT2D eigenvalue weighted by atomic mass is 10.0. The molecule has 0 saturated carbocycles. The molecule has 2 aromatic carbocycles. The minimum Gasteiger partial charge on any atom is -0.496 e. The summed E-state index contributed by atoms with van der Waals surface area (Å²) in [4.78, 5) is 0. The molecule has 0 aliphatic heterocycles. The number of ether oxygens (including phenoxy) is 1. The lowest BCUT2D eigenvalue weighted by Gasteiger charge is -2.12. The van der Waals surface area contributed by atoms with E-state index in [1.165, 1.54) is 5.56 Å². The summed E-state index contributed by atoms with van der Waals surface area (Å²) in [6.45, 7) is 2.04. The highest BCUT2D eigenvalue weighted by Gasteiger charge is 2.10. The Labute approximate surface area is 122 Å². The van der Waals surface area contributed by atoms with Gasteiger partial charge in [0.15, 0.2) is 0 Å². The molecule has 0 heterocycles. The molecule has 1 unspecified atom stereocenters. The summed E-state index contributed by atoms with van der Waals surface area (Å²) < 4.78 is 6.10. The first-order chi connectivity index (χ1) is 9.10. The topological polar surface area (TPSA) is 29.5 Å². The molecule has 2 rings (SSSR count). The molecular formula is C16H17BrO2. The predicted molar refractivity (Wildman–Crippen MR) is 80.5 cm³/mol. The van der Waals surface area contributed by atoms with Gasteiger partial charge in [-0.25, -0.2) is 0 Å². The first-order valence-corrected chi connectivity index (χ1v) is 6.96.